The lowest BCUT2D eigenvalue weighted by Crippen LogP contribution is -2.16. The predicted molar refractivity (Wildman–Crippen MR) is 109 cm³/mol. The van der Waals surface area contributed by atoms with Crippen molar-refractivity contribution in [2.75, 3.05) is 11.1 Å². The molecule has 1 heterocycles. The van der Waals surface area contributed by atoms with Crippen LogP contribution in [0.15, 0.2) is 54.9 Å². The first-order valence-electron chi connectivity index (χ1n) is 8.57. The SMILES string of the molecule is Cc1cc(C)c(NC(=O)CSCc2ccc(-n3cccn3)cc2)c(C)c1. The Morgan fingerprint density at radius 2 is 1.81 bits per heavy atom. The van der Waals surface area contributed by atoms with E-state index in [9.17, 15) is 4.79 Å². The summed E-state index contributed by atoms with van der Waals surface area (Å²) >= 11 is 1.62. The molecular weight excluding hydrogens is 342 g/mol. The molecule has 3 aromatic rings. The quantitative estimate of drug-likeness (QED) is 0.690. The summed E-state index contributed by atoms with van der Waals surface area (Å²) in [6.45, 7) is 6.13. The summed E-state index contributed by atoms with van der Waals surface area (Å²) < 4.78 is 1.83. The van der Waals surface area contributed by atoms with E-state index in [1.54, 1.807) is 18.0 Å². The highest BCUT2D eigenvalue weighted by atomic mass is 32.2. The lowest BCUT2D eigenvalue weighted by atomic mass is 10.1. The van der Waals surface area contributed by atoms with Crippen LogP contribution in [0.4, 0.5) is 5.69 Å². The van der Waals surface area contributed by atoms with E-state index in [1.165, 1.54) is 11.1 Å². The molecule has 1 N–H and O–H groups in total. The maximum Gasteiger partial charge on any atom is 0.234 e. The molecule has 134 valence electrons. The van der Waals surface area contributed by atoms with Gasteiger partial charge in [0, 0.05) is 23.8 Å². The van der Waals surface area contributed by atoms with Crippen molar-refractivity contribution in [2.45, 2.75) is 26.5 Å². The van der Waals surface area contributed by atoms with Crippen LogP contribution in [0, 0.1) is 20.8 Å². The highest BCUT2D eigenvalue weighted by Crippen LogP contribution is 2.22. The van der Waals surface area contributed by atoms with Crippen LogP contribution < -0.4 is 5.32 Å². The molecule has 0 fully saturated rings. The Morgan fingerprint density at radius 1 is 1.12 bits per heavy atom. The average molecular weight is 366 g/mol. The number of aryl methyl sites for hydroxylation is 3. The number of carbonyl (C=O) groups excluding carboxylic acids is 1. The fourth-order valence-electron chi connectivity index (χ4n) is 2.98. The van der Waals surface area contributed by atoms with Crippen LogP contribution in [0.2, 0.25) is 0 Å². The largest absolute Gasteiger partial charge is 0.325 e. The molecule has 0 spiro atoms. The van der Waals surface area contributed by atoms with E-state index in [1.807, 2.05) is 42.9 Å². The normalized spacial score (nSPS) is 10.7. The van der Waals surface area contributed by atoms with Crippen molar-refractivity contribution in [1.82, 2.24) is 9.78 Å². The third-order valence-electron chi connectivity index (χ3n) is 4.15. The minimum atomic E-state index is 0.0400. The monoisotopic (exact) mass is 365 g/mol. The number of hydrogen-bond acceptors (Lipinski definition) is 3. The number of nitrogens with one attached hydrogen (secondary N) is 1. The van der Waals surface area contributed by atoms with E-state index in [0.29, 0.717) is 5.75 Å². The number of aromatic nitrogens is 2. The molecule has 0 atom stereocenters. The van der Waals surface area contributed by atoms with Crippen LogP contribution in [-0.4, -0.2) is 21.4 Å². The fourth-order valence-corrected chi connectivity index (χ4v) is 3.77. The van der Waals surface area contributed by atoms with Gasteiger partial charge in [-0.05, 0) is 55.7 Å². The first-order chi connectivity index (χ1) is 12.5. The molecule has 0 aliphatic heterocycles. The van der Waals surface area contributed by atoms with Crippen LogP contribution in [0.25, 0.3) is 5.69 Å². The van der Waals surface area contributed by atoms with E-state index >= 15 is 0 Å². The second-order valence-corrected chi connectivity index (χ2v) is 7.42. The minimum absolute atomic E-state index is 0.0400. The molecule has 0 saturated heterocycles. The molecule has 26 heavy (non-hydrogen) atoms. The van der Waals surface area contributed by atoms with Gasteiger partial charge < -0.3 is 5.32 Å². The molecule has 0 aliphatic carbocycles. The Kier molecular flexibility index (Phi) is 5.78. The molecule has 0 saturated carbocycles. The Labute approximate surface area is 158 Å². The first kappa shape index (κ1) is 18.3. The topological polar surface area (TPSA) is 46.9 Å². The second kappa shape index (κ2) is 8.23. The number of thioether (sulfide) groups is 1. The summed E-state index contributed by atoms with van der Waals surface area (Å²) in [7, 11) is 0. The van der Waals surface area contributed by atoms with E-state index < -0.39 is 0 Å². The van der Waals surface area contributed by atoms with Gasteiger partial charge in [-0.25, -0.2) is 4.68 Å². The average Bonchev–Trinajstić information content (AvgIpc) is 3.13. The van der Waals surface area contributed by atoms with Gasteiger partial charge >= 0.3 is 0 Å². The minimum Gasteiger partial charge on any atom is -0.325 e. The molecule has 4 nitrogen and oxygen atoms in total. The molecule has 1 amide bonds. The highest BCUT2D eigenvalue weighted by molar-refractivity contribution is 7.99. The van der Waals surface area contributed by atoms with Gasteiger partial charge in [0.1, 0.15) is 0 Å². The number of amides is 1. The Hall–Kier alpha value is -2.53. The van der Waals surface area contributed by atoms with Crippen LogP contribution in [0.1, 0.15) is 22.3 Å². The zero-order valence-corrected chi connectivity index (χ0v) is 16.1. The zero-order chi connectivity index (χ0) is 18.5. The number of carbonyl (C=O) groups is 1. The smallest absolute Gasteiger partial charge is 0.234 e. The maximum absolute atomic E-state index is 12.3. The maximum atomic E-state index is 12.3. The summed E-state index contributed by atoms with van der Waals surface area (Å²) in [5, 5.41) is 7.27. The van der Waals surface area contributed by atoms with E-state index in [4.69, 9.17) is 0 Å². The van der Waals surface area contributed by atoms with Crippen molar-refractivity contribution in [3.05, 3.63) is 77.1 Å². The zero-order valence-electron chi connectivity index (χ0n) is 15.3. The van der Waals surface area contributed by atoms with Crippen LogP contribution in [0.5, 0.6) is 0 Å². The summed E-state index contributed by atoms with van der Waals surface area (Å²) in [5.41, 5.74) is 6.59. The lowest BCUT2D eigenvalue weighted by Gasteiger charge is -2.12. The van der Waals surface area contributed by atoms with Gasteiger partial charge in [0.05, 0.1) is 11.4 Å². The molecule has 0 aliphatic rings. The molecule has 1 aromatic heterocycles. The number of hydrogen-bond donors (Lipinski definition) is 1. The van der Waals surface area contributed by atoms with E-state index in [0.717, 1.165) is 28.3 Å². The van der Waals surface area contributed by atoms with E-state index in [-0.39, 0.29) is 5.91 Å². The molecule has 5 heteroatoms. The summed E-state index contributed by atoms with van der Waals surface area (Å²) in [6.07, 6.45) is 3.68. The summed E-state index contributed by atoms with van der Waals surface area (Å²) in [4.78, 5) is 12.3. The predicted octanol–water partition coefficient (Wildman–Crippen LogP) is 4.67. The molecule has 3 rings (SSSR count). The van der Waals surface area contributed by atoms with Gasteiger partial charge in [-0.1, -0.05) is 29.8 Å². The molecule has 0 unspecified atom stereocenters. The standard InChI is InChI=1S/C21H23N3OS/c1-15-11-16(2)21(17(3)12-15)23-20(25)14-26-13-18-5-7-19(8-6-18)24-10-4-9-22-24/h4-12H,13-14H2,1-3H3,(H,23,25). The van der Waals surface area contributed by atoms with Crippen molar-refractivity contribution in [1.29, 1.82) is 0 Å². The van der Waals surface area contributed by atoms with Crippen LogP contribution in [-0.2, 0) is 10.5 Å². The van der Waals surface area contributed by atoms with Crippen molar-refractivity contribution in [2.24, 2.45) is 0 Å². The lowest BCUT2D eigenvalue weighted by molar-refractivity contribution is -0.113. The Morgan fingerprint density at radius 3 is 2.42 bits per heavy atom. The van der Waals surface area contributed by atoms with Crippen LogP contribution in [0.3, 0.4) is 0 Å². The molecule has 2 aromatic carbocycles. The fraction of sp³-hybridized carbons (Fsp3) is 0.238. The molecule has 0 bridgehead atoms. The van der Waals surface area contributed by atoms with Gasteiger partial charge in [0.2, 0.25) is 5.91 Å². The second-order valence-electron chi connectivity index (χ2n) is 6.43. The van der Waals surface area contributed by atoms with Gasteiger partial charge in [-0.2, -0.15) is 5.10 Å². The van der Waals surface area contributed by atoms with Crippen molar-refractivity contribution in [3.8, 4) is 5.69 Å². The highest BCUT2D eigenvalue weighted by Gasteiger charge is 2.08. The number of benzene rings is 2. The molecule has 0 radical (unpaired) electrons. The Bertz CT molecular complexity index is 863. The molecular formula is C21H23N3OS. The third kappa shape index (κ3) is 4.55. The van der Waals surface area contributed by atoms with Gasteiger partial charge in [-0.15, -0.1) is 11.8 Å². The third-order valence-corrected chi connectivity index (χ3v) is 5.15. The van der Waals surface area contributed by atoms with Crippen molar-refractivity contribution >= 4 is 23.4 Å². The number of nitrogens with zero attached hydrogens (tertiary/aromatic N) is 2. The summed E-state index contributed by atoms with van der Waals surface area (Å²) in [6, 6.07) is 14.3. The first-order valence-corrected chi connectivity index (χ1v) is 9.73. The van der Waals surface area contributed by atoms with Gasteiger partial charge in [0.25, 0.3) is 0 Å². The van der Waals surface area contributed by atoms with E-state index in [2.05, 4.69) is 41.6 Å². The van der Waals surface area contributed by atoms with Gasteiger partial charge in [-0.3, -0.25) is 4.79 Å². The van der Waals surface area contributed by atoms with Crippen molar-refractivity contribution < 1.29 is 4.79 Å². The summed E-state index contributed by atoms with van der Waals surface area (Å²) in [5.74, 6) is 1.28. The number of anilines is 1. The van der Waals surface area contributed by atoms with Gasteiger partial charge in [0.15, 0.2) is 0 Å². The van der Waals surface area contributed by atoms with Crippen LogP contribution >= 0.6 is 11.8 Å². The number of rotatable bonds is 6. The van der Waals surface area contributed by atoms with Crippen molar-refractivity contribution in [3.63, 3.8) is 0 Å². The Balaban J connectivity index is 1.51.